The molecule has 0 aliphatic heterocycles. The zero-order valence-corrected chi connectivity index (χ0v) is 11.6. The molecule has 0 heterocycles. The van der Waals surface area contributed by atoms with Crippen LogP contribution >= 0.6 is 0 Å². The maximum absolute atomic E-state index is 11.5. The third-order valence-corrected chi connectivity index (χ3v) is 7.02. The predicted octanol–water partition coefficient (Wildman–Crippen LogP) is 2.67. The summed E-state index contributed by atoms with van der Waals surface area (Å²) in [5.74, 6) is -0.250. The van der Waals surface area contributed by atoms with Crippen molar-refractivity contribution in [3.8, 4) is 0 Å². The van der Waals surface area contributed by atoms with Crippen LogP contribution in [0.1, 0.15) is 52.9 Å². The zero-order chi connectivity index (χ0) is 13.3. The molecule has 4 aliphatic rings. The SMILES string of the molecule is CC1(C)C2CCC3(C)C(C2)C(C(=O)O)CCC13O. The van der Waals surface area contributed by atoms with Crippen molar-refractivity contribution in [2.24, 2.45) is 28.6 Å². The lowest BCUT2D eigenvalue weighted by Crippen LogP contribution is -2.72. The van der Waals surface area contributed by atoms with Gasteiger partial charge in [0.25, 0.3) is 0 Å². The summed E-state index contributed by atoms with van der Waals surface area (Å²) in [5.41, 5.74) is -0.940. The molecule has 18 heavy (non-hydrogen) atoms. The number of fused-ring (bicyclic) bond motifs is 1. The third-order valence-electron chi connectivity index (χ3n) is 7.02. The normalized spacial score (nSPS) is 53.2. The molecule has 0 radical (unpaired) electrons. The second kappa shape index (κ2) is 3.30. The smallest absolute Gasteiger partial charge is 0.306 e. The van der Waals surface area contributed by atoms with Crippen LogP contribution in [0.15, 0.2) is 0 Å². The maximum atomic E-state index is 11.5. The lowest BCUT2D eigenvalue weighted by molar-refractivity contribution is -0.291. The van der Waals surface area contributed by atoms with Gasteiger partial charge in [-0.05, 0) is 49.4 Å². The second-order valence-electron chi connectivity index (χ2n) is 7.56. The van der Waals surface area contributed by atoms with Gasteiger partial charge in [0.2, 0.25) is 0 Å². The van der Waals surface area contributed by atoms with Gasteiger partial charge in [-0.2, -0.15) is 0 Å². The lowest BCUT2D eigenvalue weighted by Gasteiger charge is -2.71. The largest absolute Gasteiger partial charge is 0.481 e. The van der Waals surface area contributed by atoms with Gasteiger partial charge in [0.05, 0.1) is 11.5 Å². The van der Waals surface area contributed by atoms with E-state index in [0.29, 0.717) is 18.8 Å². The highest BCUT2D eigenvalue weighted by Crippen LogP contribution is 2.71. The Morgan fingerprint density at radius 1 is 1.17 bits per heavy atom. The Morgan fingerprint density at radius 2 is 1.83 bits per heavy atom. The molecule has 0 aromatic rings. The number of carboxylic acid groups (broad SMARTS) is 1. The van der Waals surface area contributed by atoms with Crippen LogP contribution in [-0.4, -0.2) is 21.8 Å². The number of aliphatic hydroxyl groups is 1. The highest BCUT2D eigenvalue weighted by atomic mass is 16.4. The van der Waals surface area contributed by atoms with Gasteiger partial charge in [0.1, 0.15) is 0 Å². The molecule has 4 aliphatic carbocycles. The van der Waals surface area contributed by atoms with Crippen LogP contribution in [0.2, 0.25) is 0 Å². The van der Waals surface area contributed by atoms with E-state index in [-0.39, 0.29) is 22.7 Å². The standard InChI is InChI=1S/C15H24O3/c1-13(2)9-4-6-14(3)11(8-9)10(12(16)17)5-7-15(13,14)18/h9-11,18H,4-8H2,1-3H3,(H,16,17). The van der Waals surface area contributed by atoms with E-state index < -0.39 is 11.6 Å². The van der Waals surface area contributed by atoms with Crippen LogP contribution in [0.3, 0.4) is 0 Å². The molecule has 0 amide bonds. The average Bonchev–Trinajstić information content (AvgIpc) is 2.27. The maximum Gasteiger partial charge on any atom is 0.306 e. The van der Waals surface area contributed by atoms with E-state index in [1.165, 1.54) is 0 Å². The fourth-order valence-corrected chi connectivity index (χ4v) is 5.66. The monoisotopic (exact) mass is 252 g/mol. The molecule has 0 aromatic carbocycles. The number of hydrogen-bond acceptors (Lipinski definition) is 2. The average molecular weight is 252 g/mol. The minimum absolute atomic E-state index is 0.0695. The minimum atomic E-state index is -0.669. The predicted molar refractivity (Wildman–Crippen MR) is 68.0 cm³/mol. The van der Waals surface area contributed by atoms with Gasteiger partial charge < -0.3 is 10.2 Å². The zero-order valence-electron chi connectivity index (χ0n) is 11.6. The quantitative estimate of drug-likeness (QED) is 0.754. The molecule has 2 N–H and O–H groups in total. The second-order valence-corrected chi connectivity index (χ2v) is 7.56. The summed E-state index contributed by atoms with van der Waals surface area (Å²) in [4.78, 5) is 11.5. The van der Waals surface area contributed by atoms with Crippen LogP contribution in [0, 0.1) is 28.6 Å². The van der Waals surface area contributed by atoms with Gasteiger partial charge in [-0.1, -0.05) is 20.8 Å². The van der Waals surface area contributed by atoms with Crippen molar-refractivity contribution in [2.45, 2.75) is 58.5 Å². The van der Waals surface area contributed by atoms with Gasteiger partial charge in [0.15, 0.2) is 0 Å². The van der Waals surface area contributed by atoms with Crippen molar-refractivity contribution >= 4 is 5.97 Å². The van der Waals surface area contributed by atoms with E-state index in [1.807, 2.05) is 0 Å². The van der Waals surface area contributed by atoms with Crippen molar-refractivity contribution in [1.29, 1.82) is 0 Å². The minimum Gasteiger partial charge on any atom is -0.481 e. The highest BCUT2D eigenvalue weighted by Gasteiger charge is 2.71. The fraction of sp³-hybridized carbons (Fsp3) is 0.933. The molecule has 4 saturated carbocycles. The topological polar surface area (TPSA) is 57.5 Å². The first-order chi connectivity index (χ1) is 8.24. The molecule has 3 heteroatoms. The van der Waals surface area contributed by atoms with Crippen molar-refractivity contribution in [1.82, 2.24) is 0 Å². The first-order valence-electron chi connectivity index (χ1n) is 7.19. The Kier molecular flexibility index (Phi) is 2.28. The Morgan fingerprint density at radius 3 is 2.44 bits per heavy atom. The Hall–Kier alpha value is -0.570. The summed E-state index contributed by atoms with van der Waals surface area (Å²) in [6, 6.07) is 0. The molecule has 102 valence electrons. The van der Waals surface area contributed by atoms with Gasteiger partial charge in [-0.15, -0.1) is 0 Å². The third kappa shape index (κ3) is 1.13. The fourth-order valence-electron chi connectivity index (χ4n) is 5.66. The Labute approximate surface area is 109 Å². The van der Waals surface area contributed by atoms with Crippen molar-refractivity contribution in [3.63, 3.8) is 0 Å². The van der Waals surface area contributed by atoms with Crippen LogP contribution in [0.5, 0.6) is 0 Å². The number of carbonyl (C=O) groups is 1. The van der Waals surface area contributed by atoms with Crippen molar-refractivity contribution < 1.29 is 15.0 Å². The van der Waals surface area contributed by atoms with E-state index in [0.717, 1.165) is 19.3 Å². The molecule has 4 fully saturated rings. The molecule has 0 saturated heterocycles. The van der Waals surface area contributed by atoms with Crippen molar-refractivity contribution in [2.75, 3.05) is 0 Å². The van der Waals surface area contributed by atoms with Crippen LogP contribution < -0.4 is 0 Å². The van der Waals surface area contributed by atoms with Gasteiger partial charge >= 0.3 is 5.97 Å². The molecule has 0 aromatic heterocycles. The number of rotatable bonds is 1. The number of aliphatic carboxylic acids is 1. The van der Waals surface area contributed by atoms with Crippen LogP contribution in [0.25, 0.3) is 0 Å². The number of carboxylic acids is 1. The summed E-state index contributed by atoms with van der Waals surface area (Å²) in [6.45, 7) is 6.52. The van der Waals surface area contributed by atoms with Gasteiger partial charge in [0, 0.05) is 5.41 Å². The number of hydrogen-bond donors (Lipinski definition) is 2. The summed E-state index contributed by atoms with van der Waals surface area (Å²) in [7, 11) is 0. The van der Waals surface area contributed by atoms with Gasteiger partial charge in [-0.25, -0.2) is 0 Å². The van der Waals surface area contributed by atoms with Crippen LogP contribution in [0.4, 0.5) is 0 Å². The van der Waals surface area contributed by atoms with Crippen molar-refractivity contribution in [3.05, 3.63) is 0 Å². The van der Waals surface area contributed by atoms with Gasteiger partial charge in [-0.3, -0.25) is 4.79 Å². The molecular formula is C15H24O3. The van der Waals surface area contributed by atoms with E-state index in [2.05, 4.69) is 20.8 Å². The molecule has 3 nitrogen and oxygen atoms in total. The molecule has 0 spiro atoms. The molecule has 5 unspecified atom stereocenters. The summed E-state index contributed by atoms with van der Waals surface area (Å²) >= 11 is 0. The van der Waals surface area contributed by atoms with Crippen LogP contribution in [-0.2, 0) is 4.79 Å². The van der Waals surface area contributed by atoms with E-state index in [9.17, 15) is 15.0 Å². The molecule has 4 bridgehead atoms. The van der Waals surface area contributed by atoms with E-state index in [4.69, 9.17) is 0 Å². The van der Waals surface area contributed by atoms with E-state index >= 15 is 0 Å². The first-order valence-corrected chi connectivity index (χ1v) is 7.19. The molecular weight excluding hydrogens is 228 g/mol. The summed E-state index contributed by atoms with van der Waals surface area (Å²) in [5, 5.41) is 20.7. The summed E-state index contributed by atoms with van der Waals surface area (Å²) in [6.07, 6.45) is 4.42. The highest BCUT2D eigenvalue weighted by molar-refractivity contribution is 5.71. The van der Waals surface area contributed by atoms with E-state index in [1.54, 1.807) is 0 Å². The first kappa shape index (κ1) is 12.5. The lowest BCUT2D eigenvalue weighted by atomic mass is 9.35. The molecule has 5 atom stereocenters. The Bertz CT molecular complexity index is 403. The molecule has 4 rings (SSSR count). The summed E-state index contributed by atoms with van der Waals surface area (Å²) < 4.78 is 0. The Balaban J connectivity index is 2.09.